The number of aromatic nitrogens is 3. The summed E-state index contributed by atoms with van der Waals surface area (Å²) in [6.07, 6.45) is -3.21. The normalized spacial score (nSPS) is 11.9. The molecule has 2 heterocycles. The second-order valence-electron chi connectivity index (χ2n) is 6.13. The Morgan fingerprint density at radius 2 is 1.82 bits per heavy atom. The molecule has 9 heteroatoms. The Morgan fingerprint density at radius 3 is 2.46 bits per heavy atom. The van der Waals surface area contributed by atoms with Gasteiger partial charge in [-0.25, -0.2) is 0 Å². The van der Waals surface area contributed by atoms with E-state index in [4.69, 9.17) is 4.74 Å². The molecule has 28 heavy (non-hydrogen) atoms. The van der Waals surface area contributed by atoms with Crippen molar-refractivity contribution in [1.29, 1.82) is 0 Å². The maximum absolute atomic E-state index is 12.7. The van der Waals surface area contributed by atoms with Crippen molar-refractivity contribution in [2.75, 3.05) is 7.11 Å². The smallest absolute Gasteiger partial charge is 0.496 e. The molecule has 0 fully saturated rings. The second kappa shape index (κ2) is 6.29. The molecule has 1 N–H and O–H groups in total. The average Bonchev–Trinajstić information content (AvgIpc) is 2.99. The number of methoxy groups -OCH3 is 1. The van der Waals surface area contributed by atoms with Crippen LogP contribution in [0.3, 0.4) is 0 Å². The van der Waals surface area contributed by atoms with E-state index in [-0.39, 0.29) is 11.3 Å². The van der Waals surface area contributed by atoms with Crippen molar-refractivity contribution in [1.82, 2.24) is 14.8 Å². The fourth-order valence-electron chi connectivity index (χ4n) is 3.15. The number of hydrogen-bond donors (Lipinski definition) is 1. The fraction of sp³-hybridized carbons (Fsp3) is 0.158. The molecule has 0 spiro atoms. The standard InChI is InChI=1S/C19H14F3N3O3/c1-10-15(27-2)8-7-13-16(10)23-9-14-17(13)24-25(18(14)26)11-3-5-12(6-4-11)28-19(20,21)22/h3-9,23H,1-2H3. The van der Waals surface area contributed by atoms with Gasteiger partial charge in [-0.3, -0.25) is 4.79 Å². The van der Waals surface area contributed by atoms with E-state index in [1.807, 2.05) is 6.92 Å². The maximum atomic E-state index is 12.7. The van der Waals surface area contributed by atoms with Crippen LogP contribution in [0.4, 0.5) is 13.2 Å². The van der Waals surface area contributed by atoms with Crippen LogP contribution in [0.2, 0.25) is 0 Å². The highest BCUT2D eigenvalue weighted by Crippen LogP contribution is 2.32. The Kier molecular flexibility index (Phi) is 4.02. The molecule has 2 aromatic carbocycles. The fourth-order valence-corrected chi connectivity index (χ4v) is 3.15. The van der Waals surface area contributed by atoms with Crippen LogP contribution in [0.5, 0.6) is 11.5 Å². The van der Waals surface area contributed by atoms with Gasteiger partial charge in [-0.1, -0.05) is 0 Å². The molecule has 0 aliphatic carbocycles. The third-order valence-corrected chi connectivity index (χ3v) is 4.44. The van der Waals surface area contributed by atoms with Crippen LogP contribution in [-0.4, -0.2) is 28.2 Å². The predicted molar refractivity (Wildman–Crippen MR) is 96.3 cm³/mol. The zero-order valence-electron chi connectivity index (χ0n) is 14.8. The van der Waals surface area contributed by atoms with Crippen LogP contribution in [0, 0.1) is 6.92 Å². The van der Waals surface area contributed by atoms with Gasteiger partial charge in [-0.05, 0) is 43.3 Å². The van der Waals surface area contributed by atoms with Crippen molar-refractivity contribution in [3.8, 4) is 28.4 Å². The van der Waals surface area contributed by atoms with Gasteiger partial charge in [0, 0.05) is 17.1 Å². The summed E-state index contributed by atoms with van der Waals surface area (Å²) in [6.45, 7) is 1.89. The molecule has 0 atom stereocenters. The lowest BCUT2D eigenvalue weighted by molar-refractivity contribution is -0.274. The first-order valence-electron chi connectivity index (χ1n) is 8.22. The molecule has 0 aromatic heterocycles. The van der Waals surface area contributed by atoms with Gasteiger partial charge in [0.2, 0.25) is 0 Å². The van der Waals surface area contributed by atoms with Gasteiger partial charge in [0.15, 0.2) is 0 Å². The molecule has 6 nitrogen and oxygen atoms in total. The first-order chi connectivity index (χ1) is 13.3. The average molecular weight is 389 g/mol. The topological polar surface area (TPSA) is 69.1 Å². The zero-order valence-corrected chi connectivity index (χ0v) is 14.8. The van der Waals surface area contributed by atoms with Crippen molar-refractivity contribution in [2.24, 2.45) is 0 Å². The first-order valence-corrected chi connectivity index (χ1v) is 8.22. The number of ether oxygens (including phenoxy) is 2. The monoisotopic (exact) mass is 389 g/mol. The molecule has 0 bridgehead atoms. The number of halogens is 3. The minimum atomic E-state index is -4.78. The highest BCUT2D eigenvalue weighted by atomic mass is 19.4. The lowest BCUT2D eigenvalue weighted by Gasteiger charge is -2.09. The number of nitrogens with one attached hydrogen (secondary N) is 1. The van der Waals surface area contributed by atoms with E-state index in [0.717, 1.165) is 33.3 Å². The summed E-state index contributed by atoms with van der Waals surface area (Å²) >= 11 is 0. The van der Waals surface area contributed by atoms with Gasteiger partial charge >= 0.3 is 6.36 Å². The molecule has 0 unspecified atom stereocenters. The van der Waals surface area contributed by atoms with Crippen molar-refractivity contribution < 1.29 is 22.6 Å². The molecule has 2 aliphatic rings. The molecule has 0 radical (unpaired) electrons. The summed E-state index contributed by atoms with van der Waals surface area (Å²) < 4.78 is 47.2. The van der Waals surface area contributed by atoms with Crippen LogP contribution >= 0.6 is 0 Å². The van der Waals surface area contributed by atoms with E-state index in [0.29, 0.717) is 22.7 Å². The Labute approximate surface area is 156 Å². The Morgan fingerprint density at radius 1 is 1.11 bits per heavy atom. The lowest BCUT2D eigenvalue weighted by Crippen LogP contribution is -2.17. The van der Waals surface area contributed by atoms with Gasteiger partial charge in [-0.2, -0.15) is 9.78 Å². The number of aromatic amines is 1. The molecular formula is C19H14F3N3O3. The van der Waals surface area contributed by atoms with Gasteiger partial charge in [0.25, 0.3) is 5.56 Å². The van der Waals surface area contributed by atoms with Crippen LogP contribution < -0.4 is 15.0 Å². The summed E-state index contributed by atoms with van der Waals surface area (Å²) in [5, 5.41) is 5.13. The molecule has 0 saturated carbocycles. The van der Waals surface area contributed by atoms with Crippen LogP contribution in [-0.2, 0) is 0 Å². The van der Waals surface area contributed by atoms with E-state index < -0.39 is 6.36 Å². The minimum absolute atomic E-state index is 0.328. The summed E-state index contributed by atoms with van der Waals surface area (Å²) in [4.78, 5) is 15.8. The number of benzene rings is 2. The van der Waals surface area contributed by atoms with E-state index in [2.05, 4.69) is 14.8 Å². The number of aryl methyl sites for hydroxylation is 1. The molecule has 2 aliphatic heterocycles. The summed E-state index contributed by atoms with van der Waals surface area (Å²) in [5.41, 5.74) is 2.45. The molecule has 0 saturated heterocycles. The molecule has 144 valence electrons. The lowest BCUT2D eigenvalue weighted by atomic mass is 10.0. The number of rotatable bonds is 3. The number of nitrogens with zero attached hydrogens (tertiary/aromatic N) is 2. The van der Waals surface area contributed by atoms with Crippen LogP contribution in [0.1, 0.15) is 5.56 Å². The quantitative estimate of drug-likeness (QED) is 0.574. The van der Waals surface area contributed by atoms with Crippen LogP contribution in [0.15, 0.2) is 47.4 Å². The number of hydrogen-bond acceptors (Lipinski definition) is 4. The largest absolute Gasteiger partial charge is 0.573 e. The Hall–Kier alpha value is -3.49. The van der Waals surface area contributed by atoms with Crippen molar-refractivity contribution in [3.05, 3.63) is 58.5 Å². The molecule has 2 aromatic rings. The summed E-state index contributed by atoms with van der Waals surface area (Å²) in [5.74, 6) is 0.326. The SMILES string of the molecule is COc1ccc2c3nn(-c4ccc(OC(F)(F)F)cc4)c(=O)c-3c[nH]c2c1C. The van der Waals surface area contributed by atoms with Gasteiger partial charge < -0.3 is 14.5 Å². The first kappa shape index (κ1) is 17.9. The van der Waals surface area contributed by atoms with E-state index in [1.54, 1.807) is 25.4 Å². The predicted octanol–water partition coefficient (Wildman–Crippen LogP) is 4.03. The van der Waals surface area contributed by atoms with Gasteiger partial charge in [-0.15, -0.1) is 13.2 Å². The highest BCUT2D eigenvalue weighted by molar-refractivity contribution is 5.95. The molecular weight excluding hydrogens is 375 g/mol. The third kappa shape index (κ3) is 2.94. The number of pyridine rings is 1. The summed E-state index contributed by atoms with van der Waals surface area (Å²) in [6, 6.07) is 8.54. The van der Waals surface area contributed by atoms with Gasteiger partial charge in [0.1, 0.15) is 17.2 Å². The molecule has 0 amide bonds. The van der Waals surface area contributed by atoms with Crippen molar-refractivity contribution in [3.63, 3.8) is 0 Å². The highest BCUT2D eigenvalue weighted by Gasteiger charge is 2.31. The maximum Gasteiger partial charge on any atom is 0.573 e. The number of fused-ring (bicyclic) bond motifs is 3. The number of alkyl halides is 3. The molecule has 4 rings (SSSR count). The van der Waals surface area contributed by atoms with Gasteiger partial charge in [0.05, 0.1) is 23.9 Å². The van der Waals surface area contributed by atoms with Crippen LogP contribution in [0.25, 0.3) is 27.8 Å². The van der Waals surface area contributed by atoms with E-state index in [1.165, 1.54) is 12.1 Å². The summed E-state index contributed by atoms with van der Waals surface area (Å²) in [7, 11) is 1.57. The van der Waals surface area contributed by atoms with E-state index >= 15 is 0 Å². The minimum Gasteiger partial charge on any atom is -0.496 e. The zero-order chi connectivity index (χ0) is 20.1. The Bertz CT molecular complexity index is 1190. The van der Waals surface area contributed by atoms with Crippen molar-refractivity contribution >= 4 is 10.9 Å². The van der Waals surface area contributed by atoms with E-state index in [9.17, 15) is 18.0 Å². The second-order valence-corrected chi connectivity index (χ2v) is 6.13. The third-order valence-electron chi connectivity index (χ3n) is 4.44. The number of H-pyrrole nitrogens is 1. The van der Waals surface area contributed by atoms with Crippen molar-refractivity contribution in [2.45, 2.75) is 13.3 Å². The Balaban J connectivity index is 1.84.